The summed E-state index contributed by atoms with van der Waals surface area (Å²) in [7, 11) is 2.12. The Morgan fingerprint density at radius 1 is 1.33 bits per heavy atom. The van der Waals surface area contributed by atoms with Gasteiger partial charge in [0, 0.05) is 12.6 Å². The number of nitrogens with zero attached hydrogens (tertiary/aromatic N) is 1. The zero-order chi connectivity index (χ0) is 13.0. The van der Waals surface area contributed by atoms with Crippen molar-refractivity contribution in [2.45, 2.75) is 25.8 Å². The lowest BCUT2D eigenvalue weighted by Crippen LogP contribution is -2.31. The molecule has 1 heterocycles. The molecule has 4 nitrogen and oxygen atoms in total. The summed E-state index contributed by atoms with van der Waals surface area (Å²) >= 11 is 0. The quantitative estimate of drug-likeness (QED) is 0.840. The van der Waals surface area contributed by atoms with E-state index < -0.39 is 0 Å². The van der Waals surface area contributed by atoms with Crippen molar-refractivity contribution in [3.05, 3.63) is 23.8 Å². The predicted octanol–water partition coefficient (Wildman–Crippen LogP) is 2.15. The summed E-state index contributed by atoms with van der Waals surface area (Å²) in [5.74, 6) is 1.65. The first kappa shape index (κ1) is 13.2. The van der Waals surface area contributed by atoms with Gasteiger partial charge in [0.2, 0.25) is 6.79 Å². The van der Waals surface area contributed by atoms with Crippen LogP contribution in [0.3, 0.4) is 0 Å². The Balaban J connectivity index is 2.12. The lowest BCUT2D eigenvalue weighted by Gasteiger charge is -2.27. The molecule has 2 N–H and O–H groups in total. The highest BCUT2D eigenvalue weighted by molar-refractivity contribution is 5.45. The molecule has 1 aromatic rings. The summed E-state index contributed by atoms with van der Waals surface area (Å²) in [5.41, 5.74) is 7.10. The number of unbranched alkanes of at least 4 members (excludes halogenated alkanes) is 1. The zero-order valence-electron chi connectivity index (χ0n) is 11.2. The number of likely N-dealkylation sites (N-methyl/N-ethyl adjacent to an activating group) is 1. The number of nitrogens with two attached hydrogens (primary N) is 1. The lowest BCUT2D eigenvalue weighted by molar-refractivity contribution is 0.173. The van der Waals surface area contributed by atoms with Crippen LogP contribution in [0.1, 0.15) is 31.4 Å². The van der Waals surface area contributed by atoms with Gasteiger partial charge in [0.15, 0.2) is 11.5 Å². The van der Waals surface area contributed by atoms with Gasteiger partial charge in [-0.2, -0.15) is 0 Å². The summed E-state index contributed by atoms with van der Waals surface area (Å²) in [6.45, 7) is 4.19. The molecule has 2 rings (SSSR count). The third kappa shape index (κ3) is 2.76. The molecule has 0 aromatic heterocycles. The Morgan fingerprint density at radius 2 is 2.11 bits per heavy atom. The van der Waals surface area contributed by atoms with Crippen LogP contribution in [0.15, 0.2) is 18.2 Å². The van der Waals surface area contributed by atoms with E-state index in [1.165, 1.54) is 18.4 Å². The Morgan fingerprint density at radius 3 is 2.83 bits per heavy atom. The summed E-state index contributed by atoms with van der Waals surface area (Å²) in [5, 5.41) is 0. The number of rotatable bonds is 6. The summed E-state index contributed by atoms with van der Waals surface area (Å²) in [6, 6.07) is 6.33. The highest BCUT2D eigenvalue weighted by atomic mass is 16.7. The van der Waals surface area contributed by atoms with Gasteiger partial charge < -0.3 is 15.2 Å². The molecule has 1 aliphatic rings. The van der Waals surface area contributed by atoms with E-state index in [0.29, 0.717) is 13.3 Å². The fourth-order valence-corrected chi connectivity index (χ4v) is 2.25. The van der Waals surface area contributed by atoms with Crippen LogP contribution in [0.25, 0.3) is 0 Å². The SMILES string of the molecule is CCCCN(C)C(CN)c1ccc2c(c1)OCO2. The van der Waals surface area contributed by atoms with E-state index in [1.54, 1.807) is 0 Å². The third-order valence-corrected chi connectivity index (χ3v) is 3.40. The Hall–Kier alpha value is -1.26. The van der Waals surface area contributed by atoms with Gasteiger partial charge in [-0.3, -0.25) is 4.90 Å². The molecular weight excluding hydrogens is 228 g/mol. The molecule has 0 bridgehead atoms. The van der Waals surface area contributed by atoms with Crippen LogP contribution in [0.4, 0.5) is 0 Å². The monoisotopic (exact) mass is 250 g/mol. The molecule has 18 heavy (non-hydrogen) atoms. The molecule has 0 spiro atoms. The minimum atomic E-state index is 0.242. The Kier molecular flexibility index (Phi) is 4.44. The van der Waals surface area contributed by atoms with Crippen molar-refractivity contribution < 1.29 is 9.47 Å². The molecule has 0 fully saturated rings. The van der Waals surface area contributed by atoms with Gasteiger partial charge in [-0.1, -0.05) is 19.4 Å². The summed E-state index contributed by atoms with van der Waals surface area (Å²) in [4.78, 5) is 2.31. The van der Waals surface area contributed by atoms with Crippen LogP contribution >= 0.6 is 0 Å². The zero-order valence-corrected chi connectivity index (χ0v) is 11.2. The fraction of sp³-hybridized carbons (Fsp3) is 0.571. The average molecular weight is 250 g/mol. The summed E-state index contributed by atoms with van der Waals surface area (Å²) < 4.78 is 10.7. The molecule has 1 unspecified atom stereocenters. The summed E-state index contributed by atoms with van der Waals surface area (Å²) in [6.07, 6.45) is 2.39. The number of hydrogen-bond donors (Lipinski definition) is 1. The van der Waals surface area contributed by atoms with Crippen molar-refractivity contribution in [1.82, 2.24) is 4.90 Å². The van der Waals surface area contributed by atoms with Crippen molar-refractivity contribution >= 4 is 0 Å². The van der Waals surface area contributed by atoms with E-state index in [0.717, 1.165) is 18.0 Å². The van der Waals surface area contributed by atoms with Crippen LogP contribution in [-0.2, 0) is 0 Å². The molecule has 100 valence electrons. The minimum Gasteiger partial charge on any atom is -0.454 e. The predicted molar refractivity (Wildman–Crippen MR) is 71.9 cm³/mol. The normalized spacial score (nSPS) is 15.1. The highest BCUT2D eigenvalue weighted by Gasteiger charge is 2.19. The van der Waals surface area contributed by atoms with Gasteiger partial charge in [-0.05, 0) is 37.7 Å². The lowest BCUT2D eigenvalue weighted by atomic mass is 10.0. The van der Waals surface area contributed by atoms with Crippen LogP contribution < -0.4 is 15.2 Å². The fourth-order valence-electron chi connectivity index (χ4n) is 2.25. The van der Waals surface area contributed by atoms with E-state index in [4.69, 9.17) is 15.2 Å². The van der Waals surface area contributed by atoms with E-state index in [-0.39, 0.29) is 6.04 Å². The van der Waals surface area contributed by atoms with Crippen LogP contribution in [0, 0.1) is 0 Å². The molecule has 1 atom stereocenters. The molecule has 1 aromatic carbocycles. The average Bonchev–Trinajstić information content (AvgIpc) is 2.84. The van der Waals surface area contributed by atoms with Crippen molar-refractivity contribution in [2.75, 3.05) is 26.9 Å². The van der Waals surface area contributed by atoms with E-state index >= 15 is 0 Å². The van der Waals surface area contributed by atoms with Gasteiger partial charge in [-0.15, -0.1) is 0 Å². The molecule has 0 radical (unpaired) electrons. The Bertz CT molecular complexity index is 395. The van der Waals surface area contributed by atoms with Crippen molar-refractivity contribution in [3.63, 3.8) is 0 Å². The topological polar surface area (TPSA) is 47.7 Å². The van der Waals surface area contributed by atoms with E-state index in [9.17, 15) is 0 Å². The molecule has 1 aliphatic heterocycles. The van der Waals surface area contributed by atoms with Gasteiger partial charge in [-0.25, -0.2) is 0 Å². The second kappa shape index (κ2) is 6.07. The van der Waals surface area contributed by atoms with Gasteiger partial charge in [0.1, 0.15) is 0 Å². The smallest absolute Gasteiger partial charge is 0.231 e. The third-order valence-electron chi connectivity index (χ3n) is 3.40. The molecule has 0 saturated carbocycles. The first-order valence-electron chi connectivity index (χ1n) is 6.56. The highest BCUT2D eigenvalue weighted by Crippen LogP contribution is 2.35. The minimum absolute atomic E-state index is 0.242. The van der Waals surface area contributed by atoms with Crippen LogP contribution in [-0.4, -0.2) is 31.8 Å². The first-order valence-corrected chi connectivity index (χ1v) is 6.56. The number of ether oxygens (including phenoxy) is 2. The van der Waals surface area contributed by atoms with E-state index in [1.807, 2.05) is 12.1 Å². The van der Waals surface area contributed by atoms with Crippen molar-refractivity contribution in [1.29, 1.82) is 0 Å². The largest absolute Gasteiger partial charge is 0.454 e. The second-order valence-electron chi connectivity index (χ2n) is 4.70. The van der Waals surface area contributed by atoms with Crippen LogP contribution in [0.2, 0.25) is 0 Å². The van der Waals surface area contributed by atoms with E-state index in [2.05, 4.69) is 24.9 Å². The van der Waals surface area contributed by atoms with Gasteiger partial charge in [0.25, 0.3) is 0 Å². The molecule has 4 heteroatoms. The second-order valence-corrected chi connectivity index (χ2v) is 4.70. The standard InChI is InChI=1S/C14H22N2O2/c1-3-4-7-16(2)12(9-15)11-5-6-13-14(8-11)18-10-17-13/h5-6,8,12H,3-4,7,9-10,15H2,1-2H3. The first-order chi connectivity index (χ1) is 8.76. The van der Waals surface area contributed by atoms with Gasteiger partial charge in [0.05, 0.1) is 0 Å². The number of benzene rings is 1. The molecule has 0 saturated heterocycles. The molecular formula is C14H22N2O2. The maximum absolute atomic E-state index is 5.91. The maximum atomic E-state index is 5.91. The van der Waals surface area contributed by atoms with Crippen molar-refractivity contribution in [2.24, 2.45) is 5.73 Å². The molecule has 0 aliphatic carbocycles. The van der Waals surface area contributed by atoms with Gasteiger partial charge >= 0.3 is 0 Å². The number of hydrogen-bond acceptors (Lipinski definition) is 4. The number of fused-ring (bicyclic) bond motifs is 1. The van der Waals surface area contributed by atoms with Crippen molar-refractivity contribution in [3.8, 4) is 11.5 Å². The molecule has 0 amide bonds. The maximum Gasteiger partial charge on any atom is 0.231 e. The Labute approximate surface area is 109 Å². The van der Waals surface area contributed by atoms with Crippen LogP contribution in [0.5, 0.6) is 11.5 Å².